The quantitative estimate of drug-likeness (QED) is 0.411. The Morgan fingerprint density at radius 3 is 2.64 bits per heavy atom. The van der Waals surface area contributed by atoms with Gasteiger partial charge in [0.2, 0.25) is 5.89 Å². The molecule has 36 heavy (non-hydrogen) atoms. The second kappa shape index (κ2) is 13.1. The molecule has 4 rings (SSSR count). The minimum absolute atomic E-state index is 0.261. The standard InChI is InChI=1S/C27H34N4O5/c1-33-23-8-9-25(34-2)22(16-23)18-31(11-10-30-12-14-35-15-13-30)19-26-29-24(20-36-26)27(32)28-17-21-6-4-3-5-7-21/h3-9,16,20H,10-15,17-19H2,1-2H3,(H,28,32). The van der Waals surface area contributed by atoms with Gasteiger partial charge in [-0.2, -0.15) is 0 Å². The van der Waals surface area contributed by atoms with Crippen molar-refractivity contribution in [3.05, 3.63) is 77.5 Å². The van der Waals surface area contributed by atoms with Crippen molar-refractivity contribution in [2.75, 3.05) is 53.6 Å². The fourth-order valence-corrected chi connectivity index (χ4v) is 4.12. The van der Waals surface area contributed by atoms with Crippen molar-refractivity contribution in [1.29, 1.82) is 0 Å². The molecule has 3 aromatic rings. The number of nitrogens with one attached hydrogen (secondary N) is 1. The highest BCUT2D eigenvalue weighted by atomic mass is 16.5. The van der Waals surface area contributed by atoms with Crippen LogP contribution < -0.4 is 14.8 Å². The first-order valence-corrected chi connectivity index (χ1v) is 12.1. The van der Waals surface area contributed by atoms with Crippen LogP contribution in [-0.4, -0.2) is 74.3 Å². The van der Waals surface area contributed by atoms with Gasteiger partial charge in [-0.25, -0.2) is 4.98 Å². The monoisotopic (exact) mass is 494 g/mol. The summed E-state index contributed by atoms with van der Waals surface area (Å²) in [4.78, 5) is 21.7. The van der Waals surface area contributed by atoms with Gasteiger partial charge in [-0.3, -0.25) is 14.6 Å². The molecule has 0 atom stereocenters. The maximum Gasteiger partial charge on any atom is 0.273 e. The number of methoxy groups -OCH3 is 2. The molecule has 0 saturated carbocycles. The highest BCUT2D eigenvalue weighted by molar-refractivity contribution is 5.91. The first kappa shape index (κ1) is 25.7. The van der Waals surface area contributed by atoms with Gasteiger partial charge in [0.1, 0.15) is 17.8 Å². The van der Waals surface area contributed by atoms with Gasteiger partial charge in [-0.1, -0.05) is 30.3 Å². The molecule has 1 saturated heterocycles. The summed E-state index contributed by atoms with van der Waals surface area (Å²) in [5, 5.41) is 2.89. The predicted octanol–water partition coefficient (Wildman–Crippen LogP) is 2.96. The number of rotatable bonds is 12. The van der Waals surface area contributed by atoms with E-state index in [9.17, 15) is 4.79 Å². The van der Waals surface area contributed by atoms with Crippen molar-refractivity contribution in [2.24, 2.45) is 0 Å². The van der Waals surface area contributed by atoms with E-state index in [1.54, 1.807) is 14.2 Å². The van der Waals surface area contributed by atoms with E-state index in [2.05, 4.69) is 20.1 Å². The highest BCUT2D eigenvalue weighted by Crippen LogP contribution is 2.26. The lowest BCUT2D eigenvalue weighted by atomic mass is 10.1. The van der Waals surface area contributed by atoms with Crippen LogP contribution in [0.5, 0.6) is 11.5 Å². The Morgan fingerprint density at radius 1 is 1.08 bits per heavy atom. The Bertz CT molecular complexity index is 1100. The summed E-state index contributed by atoms with van der Waals surface area (Å²) < 4.78 is 22.2. The molecule has 9 heteroatoms. The average Bonchev–Trinajstić information content (AvgIpc) is 3.40. The van der Waals surface area contributed by atoms with Crippen molar-refractivity contribution in [3.63, 3.8) is 0 Å². The van der Waals surface area contributed by atoms with Crippen LogP contribution >= 0.6 is 0 Å². The molecule has 0 spiro atoms. The van der Waals surface area contributed by atoms with E-state index in [1.165, 1.54) is 6.26 Å². The van der Waals surface area contributed by atoms with Crippen LogP contribution in [0.1, 0.15) is 27.5 Å². The third-order valence-corrected chi connectivity index (χ3v) is 6.16. The van der Waals surface area contributed by atoms with Crippen molar-refractivity contribution >= 4 is 5.91 Å². The zero-order valence-electron chi connectivity index (χ0n) is 20.9. The van der Waals surface area contributed by atoms with E-state index < -0.39 is 0 Å². The van der Waals surface area contributed by atoms with Crippen LogP contribution in [0.2, 0.25) is 0 Å². The molecule has 1 aromatic heterocycles. The summed E-state index contributed by atoms with van der Waals surface area (Å²) >= 11 is 0. The lowest BCUT2D eigenvalue weighted by molar-refractivity contribution is 0.0320. The molecular formula is C27H34N4O5. The summed E-state index contributed by atoms with van der Waals surface area (Å²) in [5.74, 6) is 1.79. The fourth-order valence-electron chi connectivity index (χ4n) is 4.12. The first-order valence-electron chi connectivity index (χ1n) is 12.1. The van der Waals surface area contributed by atoms with Crippen LogP contribution in [-0.2, 0) is 24.4 Å². The fraction of sp³-hybridized carbons (Fsp3) is 0.407. The zero-order chi connectivity index (χ0) is 25.2. The van der Waals surface area contributed by atoms with Gasteiger partial charge < -0.3 is 23.9 Å². The number of benzene rings is 2. The van der Waals surface area contributed by atoms with E-state index in [4.69, 9.17) is 18.6 Å². The molecule has 9 nitrogen and oxygen atoms in total. The molecule has 2 aromatic carbocycles. The normalized spacial score (nSPS) is 14.1. The Hall–Kier alpha value is -3.40. The second-order valence-electron chi connectivity index (χ2n) is 8.64. The predicted molar refractivity (Wildman–Crippen MR) is 135 cm³/mol. The molecule has 1 fully saturated rings. The van der Waals surface area contributed by atoms with E-state index >= 15 is 0 Å². The molecular weight excluding hydrogens is 460 g/mol. The second-order valence-corrected chi connectivity index (χ2v) is 8.64. The van der Waals surface area contributed by atoms with Crippen LogP contribution in [0.4, 0.5) is 0 Å². The van der Waals surface area contributed by atoms with Gasteiger partial charge in [-0.05, 0) is 23.8 Å². The molecule has 1 aliphatic rings. The average molecular weight is 495 g/mol. The Kier molecular flexibility index (Phi) is 9.32. The number of ether oxygens (including phenoxy) is 3. The number of morpholine rings is 1. The largest absolute Gasteiger partial charge is 0.497 e. The molecule has 2 heterocycles. The molecule has 1 N–H and O–H groups in total. The Labute approximate surface area is 212 Å². The SMILES string of the molecule is COc1ccc(OC)c(CN(CCN2CCOCC2)Cc2nc(C(=O)NCc3ccccc3)co2)c1. The lowest BCUT2D eigenvalue weighted by Crippen LogP contribution is -2.41. The minimum atomic E-state index is -0.261. The summed E-state index contributed by atoms with van der Waals surface area (Å²) in [6.07, 6.45) is 1.42. The van der Waals surface area contributed by atoms with Crippen LogP contribution in [0.15, 0.2) is 59.2 Å². The highest BCUT2D eigenvalue weighted by Gasteiger charge is 2.19. The molecule has 0 bridgehead atoms. The van der Waals surface area contributed by atoms with E-state index in [0.717, 1.165) is 62.0 Å². The van der Waals surface area contributed by atoms with Crippen molar-refractivity contribution in [3.8, 4) is 11.5 Å². The zero-order valence-corrected chi connectivity index (χ0v) is 20.9. The number of oxazole rings is 1. The number of nitrogens with zero attached hydrogens (tertiary/aromatic N) is 3. The van der Waals surface area contributed by atoms with E-state index in [1.807, 2.05) is 48.5 Å². The van der Waals surface area contributed by atoms with Gasteiger partial charge in [0.15, 0.2) is 5.69 Å². The smallest absolute Gasteiger partial charge is 0.273 e. The number of carbonyl (C=O) groups is 1. The van der Waals surface area contributed by atoms with Gasteiger partial charge in [0.25, 0.3) is 5.91 Å². The molecule has 1 amide bonds. The number of hydrogen-bond donors (Lipinski definition) is 1. The van der Waals surface area contributed by atoms with Gasteiger partial charge >= 0.3 is 0 Å². The van der Waals surface area contributed by atoms with Crippen LogP contribution in [0, 0.1) is 0 Å². The number of hydrogen-bond acceptors (Lipinski definition) is 8. The Morgan fingerprint density at radius 2 is 1.89 bits per heavy atom. The van der Waals surface area contributed by atoms with Crippen molar-refractivity contribution in [1.82, 2.24) is 20.1 Å². The summed E-state index contributed by atoms with van der Waals surface area (Å²) in [6, 6.07) is 15.5. The molecule has 1 aliphatic heterocycles. The van der Waals surface area contributed by atoms with Crippen molar-refractivity contribution < 1.29 is 23.4 Å². The number of amides is 1. The summed E-state index contributed by atoms with van der Waals surface area (Å²) in [7, 11) is 3.32. The van der Waals surface area contributed by atoms with Crippen LogP contribution in [0.3, 0.4) is 0 Å². The summed E-state index contributed by atoms with van der Waals surface area (Å²) in [6.45, 7) is 6.53. The molecule has 0 unspecified atom stereocenters. The van der Waals surface area contributed by atoms with Gasteiger partial charge in [0, 0.05) is 44.8 Å². The third kappa shape index (κ3) is 7.30. The molecule has 0 radical (unpaired) electrons. The van der Waals surface area contributed by atoms with E-state index in [-0.39, 0.29) is 11.6 Å². The van der Waals surface area contributed by atoms with Gasteiger partial charge in [-0.15, -0.1) is 0 Å². The number of aromatic nitrogens is 1. The Balaban J connectivity index is 1.43. The minimum Gasteiger partial charge on any atom is -0.497 e. The third-order valence-electron chi connectivity index (χ3n) is 6.16. The van der Waals surface area contributed by atoms with Gasteiger partial charge in [0.05, 0.1) is 34.0 Å². The van der Waals surface area contributed by atoms with Crippen LogP contribution in [0.25, 0.3) is 0 Å². The maximum absolute atomic E-state index is 12.6. The number of carbonyl (C=O) groups excluding carboxylic acids is 1. The molecule has 0 aliphatic carbocycles. The first-order chi connectivity index (χ1) is 17.6. The molecule has 192 valence electrons. The van der Waals surface area contributed by atoms with E-state index in [0.29, 0.717) is 25.5 Å². The van der Waals surface area contributed by atoms with Crippen molar-refractivity contribution in [2.45, 2.75) is 19.6 Å². The maximum atomic E-state index is 12.6. The summed E-state index contributed by atoms with van der Waals surface area (Å²) in [5.41, 5.74) is 2.30. The lowest BCUT2D eigenvalue weighted by Gasteiger charge is -2.30. The topological polar surface area (TPSA) is 89.3 Å².